The van der Waals surface area contributed by atoms with E-state index < -0.39 is 16.8 Å². The average Bonchev–Trinajstić information content (AvgIpc) is 3.38. The lowest BCUT2D eigenvalue weighted by Crippen LogP contribution is -2.82. The van der Waals surface area contributed by atoms with Gasteiger partial charge in [-0.1, -0.05) is 6.92 Å². The summed E-state index contributed by atoms with van der Waals surface area (Å²) < 4.78 is 32.2. The number of likely N-dealkylation sites (tertiary alicyclic amines) is 1. The predicted molar refractivity (Wildman–Crippen MR) is 110 cm³/mol. The van der Waals surface area contributed by atoms with Crippen LogP contribution in [0.3, 0.4) is 0 Å². The molecule has 2 saturated heterocycles. The molecule has 0 aromatic heterocycles. The Bertz CT molecular complexity index is 796. The molecule has 5 aliphatic carbocycles. The largest absolute Gasteiger partial charge is 0.388 e. The maximum Gasteiger partial charge on any atom is 0.148 e. The Morgan fingerprint density at radius 1 is 1.06 bits per heavy atom. The number of fused-ring (bicyclic) bond motifs is 1. The first kappa shape index (κ1) is 20.1. The third-order valence-corrected chi connectivity index (χ3v) is 11.4. The van der Waals surface area contributed by atoms with E-state index >= 15 is 0 Å². The van der Waals surface area contributed by atoms with E-state index in [1.807, 2.05) is 21.3 Å². The van der Waals surface area contributed by atoms with Crippen LogP contribution in [0.4, 0.5) is 0 Å². The van der Waals surface area contributed by atoms with Crippen LogP contribution >= 0.6 is 0 Å². The van der Waals surface area contributed by atoms with Crippen molar-refractivity contribution in [1.29, 1.82) is 0 Å². The number of rotatable bonds is 4. The maximum atomic E-state index is 12.1. The van der Waals surface area contributed by atoms with Crippen molar-refractivity contribution in [3.8, 4) is 0 Å². The number of likely N-dealkylation sites (N-methyl/N-ethyl adjacent to an activating group) is 1. The van der Waals surface area contributed by atoms with Crippen molar-refractivity contribution >= 4 is 0 Å². The highest BCUT2D eigenvalue weighted by Crippen LogP contribution is 2.81. The van der Waals surface area contributed by atoms with Gasteiger partial charge in [0, 0.05) is 63.5 Å². The Kier molecular flexibility index (Phi) is 3.92. The number of hydrogen-bond acceptors (Lipinski definition) is 7. The van der Waals surface area contributed by atoms with Gasteiger partial charge < -0.3 is 28.8 Å². The molecule has 2 aliphatic heterocycles. The maximum absolute atomic E-state index is 12.1. The quantitative estimate of drug-likeness (QED) is 0.716. The minimum atomic E-state index is -0.655. The molecular weight excluding hydrogens is 398 g/mol. The van der Waals surface area contributed by atoms with Crippen molar-refractivity contribution in [3.63, 3.8) is 0 Å². The fourth-order valence-corrected chi connectivity index (χ4v) is 11.0. The van der Waals surface area contributed by atoms with E-state index in [1.54, 1.807) is 0 Å². The lowest BCUT2D eigenvalue weighted by molar-refractivity contribution is -0.306. The molecule has 0 aromatic carbocycles. The lowest BCUT2D eigenvalue weighted by Gasteiger charge is -2.70. The van der Waals surface area contributed by atoms with E-state index in [0.717, 1.165) is 45.2 Å². The Morgan fingerprint density at radius 3 is 2.61 bits per heavy atom. The van der Waals surface area contributed by atoms with Crippen LogP contribution in [0.1, 0.15) is 39.0 Å². The molecule has 0 unspecified atom stereocenters. The molecule has 7 heteroatoms. The van der Waals surface area contributed by atoms with Crippen molar-refractivity contribution in [2.75, 3.05) is 41.2 Å². The molecule has 0 radical (unpaired) electrons. The van der Waals surface area contributed by atoms with Crippen LogP contribution in [0, 0.1) is 29.1 Å². The van der Waals surface area contributed by atoms with Gasteiger partial charge in [-0.3, -0.25) is 4.90 Å². The van der Waals surface area contributed by atoms with E-state index in [-0.39, 0.29) is 47.4 Å². The summed E-state index contributed by atoms with van der Waals surface area (Å²) in [4.78, 5) is 2.58. The number of nitrogens with zero attached hydrogens (tertiary/aromatic N) is 1. The highest BCUT2D eigenvalue weighted by molar-refractivity contribution is 5.40. The molecule has 7 fully saturated rings. The van der Waals surface area contributed by atoms with Crippen LogP contribution in [0.2, 0.25) is 0 Å². The Labute approximate surface area is 184 Å². The summed E-state index contributed by atoms with van der Waals surface area (Å²) in [7, 11) is 5.54. The van der Waals surface area contributed by atoms with Gasteiger partial charge in [-0.2, -0.15) is 0 Å². The highest BCUT2D eigenvalue weighted by Gasteiger charge is 2.90. The molecular formula is C24H37NO6. The van der Waals surface area contributed by atoms with Crippen LogP contribution in [0.5, 0.6) is 0 Å². The van der Waals surface area contributed by atoms with Crippen LogP contribution in [-0.4, -0.2) is 92.4 Å². The number of β-amino-alcohol motifs (C(OH)–C–C–N with tert-alkyl or cyclic N) is 1. The summed E-state index contributed by atoms with van der Waals surface area (Å²) >= 11 is 0. The summed E-state index contributed by atoms with van der Waals surface area (Å²) in [6, 6.07) is 0.347. The van der Waals surface area contributed by atoms with Gasteiger partial charge >= 0.3 is 0 Å². The fourth-order valence-electron chi connectivity index (χ4n) is 11.0. The topological polar surface area (TPSA) is 69.6 Å². The van der Waals surface area contributed by atoms with Gasteiger partial charge in [0.25, 0.3) is 0 Å². The normalized spacial score (nSPS) is 63.4. The minimum Gasteiger partial charge on any atom is -0.388 e. The summed E-state index contributed by atoms with van der Waals surface area (Å²) in [6.07, 6.45) is 4.77. The lowest BCUT2D eigenvalue weighted by atomic mass is 9.44. The highest BCUT2D eigenvalue weighted by atomic mass is 16.7. The van der Waals surface area contributed by atoms with Crippen LogP contribution < -0.4 is 0 Å². The van der Waals surface area contributed by atoms with E-state index in [0.29, 0.717) is 12.8 Å². The first-order chi connectivity index (χ1) is 15.0. The van der Waals surface area contributed by atoms with Gasteiger partial charge in [-0.25, -0.2) is 0 Å². The molecule has 31 heavy (non-hydrogen) atoms. The van der Waals surface area contributed by atoms with Gasteiger partial charge in [-0.15, -0.1) is 0 Å². The Hall–Kier alpha value is -0.280. The molecule has 0 aromatic rings. The monoisotopic (exact) mass is 435 g/mol. The van der Waals surface area contributed by atoms with E-state index in [2.05, 4.69) is 11.8 Å². The standard InChI is InChI=1S/C24H37NO6/c1-5-25-11-21(26)7-6-18(28-3)23-16(21)9-14(19(23)25)22-10-15(27-2)13-8-17(23)24(22,20(13)29-4)31-12-30-22/h13-20,26H,5-12H2,1-4H3/t13-,14+,15+,16-,17+,18+,19-,20+,21-,22+,23+,24+/m1/s1. The molecule has 0 amide bonds. The molecule has 7 aliphatic rings. The molecule has 7 rings (SSSR count). The van der Waals surface area contributed by atoms with Crippen molar-refractivity contribution in [2.45, 2.75) is 80.2 Å². The first-order valence-corrected chi connectivity index (χ1v) is 12.3. The second-order valence-electron chi connectivity index (χ2n) is 11.4. The van der Waals surface area contributed by atoms with Crippen LogP contribution in [0.15, 0.2) is 0 Å². The van der Waals surface area contributed by atoms with Crippen molar-refractivity contribution in [1.82, 2.24) is 4.90 Å². The van der Waals surface area contributed by atoms with Crippen molar-refractivity contribution < 1.29 is 28.8 Å². The Balaban J connectivity index is 1.53. The molecule has 2 spiro atoms. The van der Waals surface area contributed by atoms with Gasteiger partial charge in [0.05, 0.1) is 23.9 Å². The molecule has 5 saturated carbocycles. The zero-order valence-electron chi connectivity index (χ0n) is 19.2. The van der Waals surface area contributed by atoms with Gasteiger partial charge in [0.1, 0.15) is 18.0 Å². The molecule has 174 valence electrons. The van der Waals surface area contributed by atoms with E-state index in [4.69, 9.17) is 23.7 Å². The smallest absolute Gasteiger partial charge is 0.148 e. The van der Waals surface area contributed by atoms with Crippen molar-refractivity contribution in [3.05, 3.63) is 0 Å². The van der Waals surface area contributed by atoms with E-state index in [9.17, 15) is 5.11 Å². The number of piperidine rings is 1. The SMILES string of the molecule is CCN1C[C@]2(O)CC[C@H](OC)[C@@]34[C@@H]2C[C@@H]([C@@H]13)[C@@]12C[C@H](OC)[C@H]3C[C@@H]4[C@]1(OCO2)[C@H]3OC. The van der Waals surface area contributed by atoms with Crippen LogP contribution in [0.25, 0.3) is 0 Å². The summed E-state index contributed by atoms with van der Waals surface area (Å²) in [6.45, 7) is 4.28. The molecule has 7 bridgehead atoms. The van der Waals surface area contributed by atoms with Crippen LogP contribution in [-0.2, 0) is 23.7 Å². The predicted octanol–water partition coefficient (Wildman–Crippen LogP) is 1.42. The molecule has 12 atom stereocenters. The second-order valence-corrected chi connectivity index (χ2v) is 11.4. The molecule has 7 nitrogen and oxygen atoms in total. The average molecular weight is 436 g/mol. The fraction of sp³-hybridized carbons (Fsp3) is 1.00. The summed E-state index contributed by atoms with van der Waals surface area (Å²) in [5.74, 6) is 1.03. The zero-order valence-corrected chi connectivity index (χ0v) is 19.2. The van der Waals surface area contributed by atoms with Gasteiger partial charge in [0.15, 0.2) is 0 Å². The van der Waals surface area contributed by atoms with Crippen molar-refractivity contribution in [2.24, 2.45) is 29.1 Å². The minimum absolute atomic E-state index is 0.0418. The third-order valence-electron chi connectivity index (χ3n) is 11.4. The van der Waals surface area contributed by atoms with Gasteiger partial charge in [0.2, 0.25) is 0 Å². The molecule has 1 N–H and O–H groups in total. The van der Waals surface area contributed by atoms with E-state index in [1.165, 1.54) is 0 Å². The third kappa shape index (κ3) is 1.80. The number of aliphatic hydroxyl groups is 1. The van der Waals surface area contributed by atoms with Gasteiger partial charge in [-0.05, 0) is 38.1 Å². The number of methoxy groups -OCH3 is 3. The summed E-state index contributed by atoms with van der Waals surface area (Å²) in [5.41, 5.74) is -1.68. The number of hydrogen-bond donors (Lipinski definition) is 1. The first-order valence-electron chi connectivity index (χ1n) is 12.3. The second kappa shape index (κ2) is 6.04. The Morgan fingerprint density at radius 2 is 1.90 bits per heavy atom. The molecule has 2 heterocycles. The zero-order chi connectivity index (χ0) is 21.4. The number of ether oxygens (including phenoxy) is 5. The summed E-state index contributed by atoms with van der Waals surface area (Å²) in [5, 5.41) is 12.1.